The molecule has 34 heavy (non-hydrogen) atoms. The second kappa shape index (κ2) is 13.4. The monoisotopic (exact) mass is 524 g/mol. The fourth-order valence-electron chi connectivity index (χ4n) is 3.54. The Morgan fingerprint density at radius 3 is 2.18 bits per heavy atom. The predicted molar refractivity (Wildman–Crippen MR) is 142 cm³/mol. The van der Waals surface area contributed by atoms with Gasteiger partial charge in [0.2, 0.25) is 5.91 Å². The number of primary amides is 1. The maximum Gasteiger partial charge on any atom is 0.253 e. The van der Waals surface area contributed by atoms with E-state index in [1.807, 2.05) is 71.3 Å². The second-order valence-corrected chi connectivity index (χ2v) is 11.8. The highest BCUT2D eigenvalue weighted by Crippen LogP contribution is 2.34. The fraction of sp³-hybridized carbons (Fsp3) is 0.462. The fourth-order valence-corrected chi connectivity index (χ4v) is 4.90. The summed E-state index contributed by atoms with van der Waals surface area (Å²) >= 11 is 13.4. The van der Waals surface area contributed by atoms with Gasteiger partial charge in [0.1, 0.15) is 6.10 Å². The van der Waals surface area contributed by atoms with Crippen molar-refractivity contribution in [3.05, 3.63) is 70.2 Å². The van der Waals surface area contributed by atoms with Gasteiger partial charge in [-0.3, -0.25) is 9.59 Å². The zero-order valence-corrected chi connectivity index (χ0v) is 22.5. The lowest BCUT2D eigenvalue weighted by atomic mass is 9.99. The van der Waals surface area contributed by atoms with Crippen molar-refractivity contribution in [1.82, 2.24) is 4.90 Å². The number of amides is 2. The molecule has 0 aromatic heterocycles. The number of hydrogen-bond donors (Lipinski definition) is 1. The van der Waals surface area contributed by atoms with Crippen molar-refractivity contribution in [2.45, 2.75) is 63.5 Å². The quantitative estimate of drug-likeness (QED) is 0.472. The lowest BCUT2D eigenvalue weighted by Gasteiger charge is -2.44. The van der Waals surface area contributed by atoms with E-state index < -0.39 is 12.0 Å². The summed E-state index contributed by atoms with van der Waals surface area (Å²) in [5, 5.41) is 1.44. The summed E-state index contributed by atoms with van der Waals surface area (Å²) in [4.78, 5) is 26.5. The molecule has 3 atom stereocenters. The molecule has 5 nitrogen and oxygen atoms in total. The smallest absolute Gasteiger partial charge is 0.253 e. The minimum atomic E-state index is -0.806. The standard InChI is InChI=1S/C20H29ClN2O3S.C6H5Cl/c1-5-15(12-27-20(2,3)4)23-16(13-6-8-14(21)9-7-13)11-26-17(19(23)25)10-18(22)24;7-6-4-2-1-3-5-6/h6-9,15-17H,5,10-12H2,1-4H3,(H2,22,24);1-5H. The van der Waals surface area contributed by atoms with Crippen LogP contribution in [0.4, 0.5) is 0 Å². The Morgan fingerprint density at radius 1 is 1.12 bits per heavy atom. The number of morpholine rings is 1. The molecule has 2 N–H and O–H groups in total. The summed E-state index contributed by atoms with van der Waals surface area (Å²) in [7, 11) is 0. The number of rotatable bonds is 7. The Balaban J connectivity index is 0.000000497. The number of nitrogens with two attached hydrogens (primary N) is 1. The van der Waals surface area contributed by atoms with Crippen LogP contribution in [0.5, 0.6) is 0 Å². The van der Waals surface area contributed by atoms with Gasteiger partial charge in [-0.05, 0) is 36.2 Å². The molecule has 2 aromatic carbocycles. The molecular weight excluding hydrogens is 491 g/mol. The van der Waals surface area contributed by atoms with E-state index in [0.29, 0.717) is 11.6 Å². The van der Waals surface area contributed by atoms with Crippen molar-refractivity contribution < 1.29 is 14.3 Å². The van der Waals surface area contributed by atoms with E-state index in [-0.39, 0.29) is 29.2 Å². The first kappa shape index (κ1) is 28.5. The van der Waals surface area contributed by atoms with Crippen molar-refractivity contribution in [1.29, 1.82) is 0 Å². The number of ether oxygens (including phenoxy) is 1. The summed E-state index contributed by atoms with van der Waals surface area (Å²) in [6.07, 6.45) is -0.0759. The van der Waals surface area contributed by atoms with E-state index in [9.17, 15) is 9.59 Å². The van der Waals surface area contributed by atoms with Crippen molar-refractivity contribution >= 4 is 46.8 Å². The Labute approximate surface area is 217 Å². The largest absolute Gasteiger partial charge is 0.370 e. The Bertz CT molecular complexity index is 920. The van der Waals surface area contributed by atoms with Gasteiger partial charge in [0, 0.05) is 26.6 Å². The molecule has 1 saturated heterocycles. The van der Waals surface area contributed by atoms with Crippen LogP contribution >= 0.6 is 35.0 Å². The predicted octanol–water partition coefficient (Wildman–Crippen LogP) is 6.13. The molecule has 0 aliphatic carbocycles. The van der Waals surface area contributed by atoms with Gasteiger partial charge in [-0.15, -0.1) is 0 Å². The molecule has 2 amide bonds. The van der Waals surface area contributed by atoms with E-state index in [2.05, 4.69) is 27.7 Å². The molecule has 1 aliphatic rings. The molecule has 2 aromatic rings. The minimum absolute atomic E-state index is 0.0432. The highest BCUT2D eigenvalue weighted by molar-refractivity contribution is 8.00. The molecular formula is C26H34Cl2N2O3S. The Kier molecular flexibility index (Phi) is 11.2. The highest BCUT2D eigenvalue weighted by Gasteiger charge is 2.41. The molecule has 0 spiro atoms. The number of carbonyl (C=O) groups excluding carboxylic acids is 2. The summed E-state index contributed by atoms with van der Waals surface area (Å²) in [6.45, 7) is 8.91. The number of halogens is 2. The second-order valence-electron chi connectivity index (χ2n) is 9.09. The summed E-state index contributed by atoms with van der Waals surface area (Å²) in [5.74, 6) is 0.121. The van der Waals surface area contributed by atoms with Gasteiger partial charge in [-0.2, -0.15) is 11.8 Å². The molecule has 1 fully saturated rings. The van der Waals surface area contributed by atoms with Gasteiger partial charge in [-0.25, -0.2) is 0 Å². The lowest BCUT2D eigenvalue weighted by Crippen LogP contribution is -2.55. The number of nitrogens with zero attached hydrogens (tertiary/aromatic N) is 1. The topological polar surface area (TPSA) is 72.6 Å². The SMILES string of the molecule is CCC(CSC(C)(C)C)N1C(=O)C(CC(N)=O)OCC1c1ccc(Cl)cc1.Clc1ccccc1. The van der Waals surface area contributed by atoms with Crippen molar-refractivity contribution in [2.75, 3.05) is 12.4 Å². The molecule has 186 valence electrons. The van der Waals surface area contributed by atoms with Gasteiger partial charge >= 0.3 is 0 Å². The van der Waals surface area contributed by atoms with Crippen LogP contribution in [0.15, 0.2) is 54.6 Å². The third kappa shape index (κ3) is 9.14. The van der Waals surface area contributed by atoms with Crippen LogP contribution in [0.2, 0.25) is 10.0 Å². The maximum atomic E-state index is 13.2. The number of hydrogen-bond acceptors (Lipinski definition) is 4. The lowest BCUT2D eigenvalue weighted by molar-refractivity contribution is -0.165. The summed E-state index contributed by atoms with van der Waals surface area (Å²) < 4.78 is 5.84. The van der Waals surface area contributed by atoms with Crippen molar-refractivity contribution in [3.63, 3.8) is 0 Å². The Morgan fingerprint density at radius 2 is 1.71 bits per heavy atom. The third-order valence-corrected chi connectivity index (χ3v) is 7.19. The first-order chi connectivity index (χ1) is 16.0. The number of thioether (sulfide) groups is 1. The van der Waals surface area contributed by atoms with Gasteiger partial charge in [0.25, 0.3) is 5.91 Å². The molecule has 1 heterocycles. The molecule has 8 heteroatoms. The highest BCUT2D eigenvalue weighted by atomic mass is 35.5. The summed E-state index contributed by atoms with van der Waals surface area (Å²) in [6, 6.07) is 16.8. The van der Waals surface area contributed by atoms with Crippen LogP contribution in [-0.4, -0.2) is 46.0 Å². The zero-order valence-electron chi connectivity index (χ0n) is 20.2. The van der Waals surface area contributed by atoms with Crippen LogP contribution in [0.25, 0.3) is 0 Å². The van der Waals surface area contributed by atoms with E-state index in [1.165, 1.54) is 0 Å². The average molecular weight is 526 g/mol. The van der Waals surface area contributed by atoms with Crippen LogP contribution in [0, 0.1) is 0 Å². The zero-order chi connectivity index (χ0) is 25.3. The molecule has 0 radical (unpaired) electrons. The van der Waals surface area contributed by atoms with Crippen LogP contribution in [0.3, 0.4) is 0 Å². The van der Waals surface area contributed by atoms with Crippen LogP contribution < -0.4 is 5.73 Å². The van der Waals surface area contributed by atoms with Gasteiger partial charge < -0.3 is 15.4 Å². The molecule has 0 saturated carbocycles. The van der Waals surface area contributed by atoms with E-state index in [4.69, 9.17) is 33.7 Å². The Hall–Kier alpha value is -1.73. The number of benzene rings is 2. The van der Waals surface area contributed by atoms with E-state index in [0.717, 1.165) is 22.8 Å². The minimum Gasteiger partial charge on any atom is -0.370 e. The molecule has 1 aliphatic heterocycles. The van der Waals surface area contributed by atoms with Crippen LogP contribution in [0.1, 0.15) is 52.1 Å². The first-order valence-electron chi connectivity index (χ1n) is 11.3. The van der Waals surface area contributed by atoms with E-state index >= 15 is 0 Å². The molecule has 3 unspecified atom stereocenters. The molecule has 3 rings (SSSR count). The van der Waals surface area contributed by atoms with Gasteiger partial charge in [0.15, 0.2) is 0 Å². The third-order valence-electron chi connectivity index (χ3n) is 5.27. The maximum absolute atomic E-state index is 13.2. The van der Waals surface area contributed by atoms with Crippen LogP contribution in [-0.2, 0) is 14.3 Å². The average Bonchev–Trinajstić information content (AvgIpc) is 2.77. The first-order valence-corrected chi connectivity index (χ1v) is 13.1. The number of carbonyl (C=O) groups is 2. The van der Waals surface area contributed by atoms with Crippen molar-refractivity contribution in [2.24, 2.45) is 5.73 Å². The molecule has 0 bridgehead atoms. The van der Waals surface area contributed by atoms with Gasteiger partial charge in [-0.1, -0.05) is 81.2 Å². The normalized spacial score (nSPS) is 19.2. The van der Waals surface area contributed by atoms with Gasteiger partial charge in [0.05, 0.1) is 19.1 Å². The summed E-state index contributed by atoms with van der Waals surface area (Å²) in [5.41, 5.74) is 6.29. The van der Waals surface area contributed by atoms with E-state index in [1.54, 1.807) is 0 Å². The van der Waals surface area contributed by atoms with Crippen molar-refractivity contribution in [3.8, 4) is 0 Å².